The molecule has 0 spiro atoms. The third-order valence-corrected chi connectivity index (χ3v) is 4.26. The molecule has 0 saturated heterocycles. The van der Waals surface area contributed by atoms with Crippen LogP contribution in [-0.4, -0.2) is 11.5 Å². The summed E-state index contributed by atoms with van der Waals surface area (Å²) >= 11 is 13.8. The summed E-state index contributed by atoms with van der Waals surface area (Å²) in [5.41, 5.74) is 2.16. The minimum atomic E-state index is 0.189. The molecule has 0 aliphatic heterocycles. The highest BCUT2D eigenvalue weighted by Crippen LogP contribution is 2.26. The van der Waals surface area contributed by atoms with Crippen molar-refractivity contribution in [2.45, 2.75) is 26.3 Å². The number of halogens is 2. The molecule has 0 radical (unpaired) electrons. The highest BCUT2D eigenvalue weighted by atomic mass is 35.5. The van der Waals surface area contributed by atoms with E-state index >= 15 is 0 Å². The number of hydrogen-bond donors (Lipinski definition) is 1. The Bertz CT molecular complexity index is 554. The Hall–Kier alpha value is -0.610. The van der Waals surface area contributed by atoms with Crippen molar-refractivity contribution in [3.63, 3.8) is 0 Å². The molecule has 1 unspecified atom stereocenters. The summed E-state index contributed by atoms with van der Waals surface area (Å²) in [4.78, 5) is 4.56. The lowest BCUT2D eigenvalue weighted by Crippen LogP contribution is -2.23. The van der Waals surface area contributed by atoms with Gasteiger partial charge in [0, 0.05) is 15.4 Å². The Morgan fingerprint density at radius 1 is 1.37 bits per heavy atom. The first-order valence-corrected chi connectivity index (χ1v) is 7.83. The van der Waals surface area contributed by atoms with Crippen molar-refractivity contribution in [2.75, 3.05) is 6.54 Å². The molecule has 1 aromatic heterocycles. The van der Waals surface area contributed by atoms with E-state index in [1.807, 2.05) is 19.1 Å². The summed E-state index contributed by atoms with van der Waals surface area (Å²) in [7, 11) is 0. The van der Waals surface area contributed by atoms with Crippen molar-refractivity contribution < 1.29 is 0 Å². The quantitative estimate of drug-likeness (QED) is 0.868. The number of aryl methyl sites for hydroxylation is 1. The molecule has 5 heteroatoms. The van der Waals surface area contributed by atoms with E-state index in [-0.39, 0.29) is 6.04 Å². The average molecular weight is 315 g/mol. The Morgan fingerprint density at radius 3 is 2.74 bits per heavy atom. The van der Waals surface area contributed by atoms with E-state index < -0.39 is 0 Å². The number of aromatic nitrogens is 1. The minimum absolute atomic E-state index is 0.189. The summed E-state index contributed by atoms with van der Waals surface area (Å²) in [6, 6.07) is 5.83. The van der Waals surface area contributed by atoms with Gasteiger partial charge in [0.1, 0.15) is 0 Å². The highest BCUT2D eigenvalue weighted by molar-refractivity contribution is 7.09. The first kappa shape index (κ1) is 14.8. The van der Waals surface area contributed by atoms with Crippen LogP contribution < -0.4 is 5.32 Å². The fourth-order valence-electron chi connectivity index (χ4n) is 1.98. The molecule has 102 valence electrons. The smallest absolute Gasteiger partial charge is 0.0898 e. The van der Waals surface area contributed by atoms with Gasteiger partial charge in [-0.15, -0.1) is 11.3 Å². The van der Waals surface area contributed by atoms with Gasteiger partial charge in [-0.1, -0.05) is 36.2 Å². The van der Waals surface area contributed by atoms with Gasteiger partial charge in [0.25, 0.3) is 0 Å². The predicted octanol–water partition coefficient (Wildman–Crippen LogP) is 4.65. The molecule has 1 N–H and O–H groups in total. The molecule has 1 atom stereocenters. The van der Waals surface area contributed by atoms with Crippen molar-refractivity contribution in [2.24, 2.45) is 0 Å². The van der Waals surface area contributed by atoms with Gasteiger partial charge in [-0.05, 0) is 37.6 Å². The first-order chi connectivity index (χ1) is 9.10. The summed E-state index contributed by atoms with van der Waals surface area (Å²) in [6.45, 7) is 5.01. The van der Waals surface area contributed by atoms with Crippen LogP contribution in [0.2, 0.25) is 10.0 Å². The largest absolute Gasteiger partial charge is 0.309 e. The lowest BCUT2D eigenvalue weighted by molar-refractivity contribution is 0.538. The summed E-state index contributed by atoms with van der Waals surface area (Å²) < 4.78 is 0. The van der Waals surface area contributed by atoms with E-state index in [0.29, 0.717) is 10.0 Å². The van der Waals surface area contributed by atoms with E-state index in [9.17, 15) is 0 Å². The van der Waals surface area contributed by atoms with E-state index in [0.717, 1.165) is 29.2 Å². The van der Waals surface area contributed by atoms with Gasteiger partial charge in [-0.2, -0.15) is 0 Å². The van der Waals surface area contributed by atoms with Crippen molar-refractivity contribution in [3.8, 4) is 0 Å². The van der Waals surface area contributed by atoms with E-state index in [1.165, 1.54) is 0 Å². The lowest BCUT2D eigenvalue weighted by Gasteiger charge is -2.16. The van der Waals surface area contributed by atoms with Gasteiger partial charge >= 0.3 is 0 Å². The number of hydrogen-bond acceptors (Lipinski definition) is 3. The van der Waals surface area contributed by atoms with Crippen molar-refractivity contribution in [3.05, 3.63) is 49.9 Å². The second-order valence-electron chi connectivity index (χ2n) is 4.34. The molecule has 1 heterocycles. The Balaban J connectivity index is 2.21. The molecule has 1 aromatic carbocycles. The molecule has 0 bridgehead atoms. The monoisotopic (exact) mass is 314 g/mol. The number of nitrogens with zero attached hydrogens (tertiary/aromatic N) is 1. The summed E-state index contributed by atoms with van der Waals surface area (Å²) in [5, 5.41) is 8.02. The van der Waals surface area contributed by atoms with E-state index in [2.05, 4.69) is 22.6 Å². The molecule has 2 rings (SSSR count). The first-order valence-electron chi connectivity index (χ1n) is 6.19. The lowest BCUT2D eigenvalue weighted by atomic mass is 10.0. The number of nitrogens with one attached hydrogen (secondary N) is 1. The van der Waals surface area contributed by atoms with Gasteiger partial charge in [-0.25, -0.2) is 4.98 Å². The van der Waals surface area contributed by atoms with Crippen molar-refractivity contribution in [1.82, 2.24) is 10.3 Å². The molecule has 0 saturated carbocycles. The Kier molecular flexibility index (Phi) is 5.22. The second kappa shape index (κ2) is 6.71. The van der Waals surface area contributed by atoms with Crippen LogP contribution in [0.5, 0.6) is 0 Å². The van der Waals surface area contributed by atoms with Crippen molar-refractivity contribution in [1.29, 1.82) is 0 Å². The fourth-order valence-corrected chi connectivity index (χ4v) is 3.13. The van der Waals surface area contributed by atoms with Crippen LogP contribution in [0.3, 0.4) is 0 Å². The maximum Gasteiger partial charge on any atom is 0.0898 e. The number of likely N-dealkylation sites (N-methyl/N-ethyl adjacent to an activating group) is 1. The predicted molar refractivity (Wildman–Crippen MR) is 83.4 cm³/mol. The summed E-state index contributed by atoms with van der Waals surface area (Å²) in [5.74, 6) is 0. The molecule has 19 heavy (non-hydrogen) atoms. The van der Waals surface area contributed by atoms with Crippen LogP contribution in [0.15, 0.2) is 23.6 Å². The van der Waals surface area contributed by atoms with Crippen LogP contribution >= 0.6 is 34.5 Å². The fraction of sp³-hybridized carbons (Fsp3) is 0.357. The van der Waals surface area contributed by atoms with Crippen LogP contribution in [0.1, 0.15) is 29.2 Å². The molecule has 0 fully saturated rings. The highest BCUT2D eigenvalue weighted by Gasteiger charge is 2.15. The van der Waals surface area contributed by atoms with Gasteiger partial charge in [-0.3, -0.25) is 0 Å². The molecular formula is C14H16Cl2N2S. The average Bonchev–Trinajstić information content (AvgIpc) is 2.78. The van der Waals surface area contributed by atoms with E-state index in [4.69, 9.17) is 23.2 Å². The van der Waals surface area contributed by atoms with E-state index in [1.54, 1.807) is 17.4 Å². The SMILES string of the molecule is CCNC(Cc1ccc(Cl)cc1Cl)c1csc(C)n1. The standard InChI is InChI=1S/C14H16Cl2N2S/c1-3-17-13(14-8-19-9(2)18-14)6-10-4-5-11(15)7-12(10)16/h4-5,7-8,13,17H,3,6H2,1-2H3. The number of rotatable bonds is 5. The molecule has 2 aromatic rings. The van der Waals surface area contributed by atoms with Gasteiger partial charge in [0.15, 0.2) is 0 Å². The molecule has 2 nitrogen and oxygen atoms in total. The van der Waals surface area contributed by atoms with Gasteiger partial charge in [0.05, 0.1) is 16.7 Å². The maximum absolute atomic E-state index is 6.24. The van der Waals surface area contributed by atoms with Crippen LogP contribution in [0.4, 0.5) is 0 Å². The zero-order chi connectivity index (χ0) is 13.8. The Labute approximate surface area is 127 Å². The molecule has 0 amide bonds. The third kappa shape index (κ3) is 3.93. The van der Waals surface area contributed by atoms with Crippen LogP contribution in [0.25, 0.3) is 0 Å². The number of benzene rings is 1. The van der Waals surface area contributed by atoms with Crippen molar-refractivity contribution >= 4 is 34.5 Å². The molecular weight excluding hydrogens is 299 g/mol. The van der Waals surface area contributed by atoms with Crippen LogP contribution in [-0.2, 0) is 6.42 Å². The van der Waals surface area contributed by atoms with Gasteiger partial charge in [0.2, 0.25) is 0 Å². The van der Waals surface area contributed by atoms with Crippen LogP contribution in [0, 0.1) is 6.92 Å². The normalized spacial score (nSPS) is 12.6. The molecule has 0 aliphatic rings. The second-order valence-corrected chi connectivity index (χ2v) is 6.25. The number of thiazole rings is 1. The molecule has 0 aliphatic carbocycles. The third-order valence-electron chi connectivity index (χ3n) is 2.88. The Morgan fingerprint density at radius 2 is 2.16 bits per heavy atom. The zero-order valence-corrected chi connectivity index (χ0v) is 13.2. The summed E-state index contributed by atoms with van der Waals surface area (Å²) in [6.07, 6.45) is 0.813. The zero-order valence-electron chi connectivity index (χ0n) is 10.9. The minimum Gasteiger partial charge on any atom is -0.309 e. The maximum atomic E-state index is 6.24. The topological polar surface area (TPSA) is 24.9 Å². The van der Waals surface area contributed by atoms with Gasteiger partial charge < -0.3 is 5.32 Å².